The molecule has 3 rings (SSSR count). The van der Waals surface area contributed by atoms with Gasteiger partial charge in [-0.15, -0.1) is 0 Å². The van der Waals surface area contributed by atoms with E-state index in [1.807, 2.05) is 17.0 Å². The lowest BCUT2D eigenvalue weighted by Crippen LogP contribution is -2.40. The van der Waals surface area contributed by atoms with E-state index in [-0.39, 0.29) is 17.2 Å². The van der Waals surface area contributed by atoms with Gasteiger partial charge in [-0.25, -0.2) is 4.39 Å². The molecule has 0 spiro atoms. The zero-order valence-electron chi connectivity index (χ0n) is 13.4. The largest absolute Gasteiger partial charge is 0.342 e. The summed E-state index contributed by atoms with van der Waals surface area (Å²) >= 11 is 0. The second-order valence-electron chi connectivity index (χ2n) is 7.44. The van der Waals surface area contributed by atoms with Gasteiger partial charge in [-0.05, 0) is 41.9 Å². The molecule has 2 aliphatic rings. The van der Waals surface area contributed by atoms with Crippen molar-refractivity contribution < 1.29 is 9.18 Å². The van der Waals surface area contributed by atoms with Crippen molar-refractivity contribution in [2.75, 3.05) is 26.2 Å². The van der Waals surface area contributed by atoms with Crippen LogP contribution in [0.15, 0.2) is 24.3 Å². The van der Waals surface area contributed by atoms with Crippen molar-refractivity contribution >= 4 is 5.91 Å². The van der Waals surface area contributed by atoms with Crippen molar-refractivity contribution in [1.82, 2.24) is 10.2 Å². The van der Waals surface area contributed by atoms with Crippen LogP contribution in [0.2, 0.25) is 0 Å². The Kier molecular flexibility index (Phi) is 4.22. The fourth-order valence-corrected chi connectivity index (χ4v) is 3.73. The second-order valence-corrected chi connectivity index (χ2v) is 7.44. The van der Waals surface area contributed by atoms with E-state index < -0.39 is 0 Å². The van der Waals surface area contributed by atoms with Crippen molar-refractivity contribution in [2.24, 2.45) is 17.3 Å². The Morgan fingerprint density at radius 2 is 2.09 bits per heavy atom. The van der Waals surface area contributed by atoms with E-state index in [1.165, 1.54) is 12.1 Å². The molecule has 0 aromatic heterocycles. The molecule has 1 amide bonds. The number of hydrogen-bond donors (Lipinski definition) is 1. The molecule has 2 aliphatic heterocycles. The van der Waals surface area contributed by atoms with E-state index in [0.29, 0.717) is 11.8 Å². The van der Waals surface area contributed by atoms with Gasteiger partial charge in [0.2, 0.25) is 5.91 Å². The summed E-state index contributed by atoms with van der Waals surface area (Å²) in [5.41, 5.74) is 1.20. The van der Waals surface area contributed by atoms with E-state index in [9.17, 15) is 9.18 Å². The number of benzene rings is 1. The monoisotopic (exact) mass is 304 g/mol. The number of likely N-dealkylation sites (tertiary alicyclic amines) is 1. The molecule has 2 unspecified atom stereocenters. The van der Waals surface area contributed by atoms with Crippen molar-refractivity contribution in [3.63, 3.8) is 0 Å². The minimum absolute atomic E-state index is 0.0477. The standard InChI is InChI=1S/C18H25FN2O/c1-18(2)12-20-10-16(18)17(22)21-8-7-14(11-21)9-13-3-5-15(19)6-4-13/h3-6,14,16,20H,7-12H2,1-2H3. The molecule has 2 atom stereocenters. The topological polar surface area (TPSA) is 32.3 Å². The first-order valence-electron chi connectivity index (χ1n) is 8.20. The highest BCUT2D eigenvalue weighted by Gasteiger charge is 2.42. The van der Waals surface area contributed by atoms with Crippen LogP contribution in [-0.2, 0) is 11.2 Å². The first kappa shape index (κ1) is 15.5. The lowest BCUT2D eigenvalue weighted by molar-refractivity contribution is -0.136. The van der Waals surface area contributed by atoms with E-state index >= 15 is 0 Å². The molecular weight excluding hydrogens is 279 g/mol. The predicted octanol–water partition coefficient (Wildman–Crippen LogP) is 2.46. The van der Waals surface area contributed by atoms with Gasteiger partial charge in [0.05, 0.1) is 5.92 Å². The van der Waals surface area contributed by atoms with Gasteiger partial charge in [-0.1, -0.05) is 26.0 Å². The van der Waals surface area contributed by atoms with E-state index in [1.54, 1.807) is 0 Å². The van der Waals surface area contributed by atoms with Crippen molar-refractivity contribution in [3.05, 3.63) is 35.6 Å². The van der Waals surface area contributed by atoms with E-state index in [0.717, 1.165) is 44.6 Å². The molecule has 4 heteroatoms. The summed E-state index contributed by atoms with van der Waals surface area (Å²) in [5, 5.41) is 3.34. The summed E-state index contributed by atoms with van der Waals surface area (Å²) < 4.78 is 13.0. The summed E-state index contributed by atoms with van der Waals surface area (Å²) in [6.07, 6.45) is 1.97. The molecule has 1 aromatic rings. The van der Waals surface area contributed by atoms with Gasteiger partial charge in [-0.2, -0.15) is 0 Å². The summed E-state index contributed by atoms with van der Waals surface area (Å²) in [6, 6.07) is 6.73. The van der Waals surface area contributed by atoms with Crippen LogP contribution in [0.4, 0.5) is 4.39 Å². The van der Waals surface area contributed by atoms with Crippen LogP contribution in [0.25, 0.3) is 0 Å². The zero-order chi connectivity index (χ0) is 15.7. The molecule has 1 aromatic carbocycles. The van der Waals surface area contributed by atoms with E-state index in [4.69, 9.17) is 0 Å². The lowest BCUT2D eigenvalue weighted by Gasteiger charge is -2.29. The Balaban J connectivity index is 1.58. The van der Waals surface area contributed by atoms with Gasteiger partial charge in [0, 0.05) is 26.2 Å². The maximum Gasteiger partial charge on any atom is 0.227 e. The van der Waals surface area contributed by atoms with Crippen LogP contribution < -0.4 is 5.32 Å². The zero-order valence-corrected chi connectivity index (χ0v) is 13.4. The Labute approximate surface area is 131 Å². The highest BCUT2D eigenvalue weighted by atomic mass is 19.1. The first-order chi connectivity index (χ1) is 10.5. The summed E-state index contributed by atoms with van der Waals surface area (Å²) in [4.78, 5) is 14.8. The third kappa shape index (κ3) is 3.17. The highest BCUT2D eigenvalue weighted by molar-refractivity contribution is 5.80. The quantitative estimate of drug-likeness (QED) is 0.930. The number of halogens is 1. The molecule has 0 radical (unpaired) electrons. The van der Waals surface area contributed by atoms with Gasteiger partial charge in [0.25, 0.3) is 0 Å². The van der Waals surface area contributed by atoms with Gasteiger partial charge in [0.1, 0.15) is 5.82 Å². The molecule has 2 heterocycles. The number of carbonyl (C=O) groups is 1. The third-order valence-electron chi connectivity index (χ3n) is 5.21. The van der Waals surface area contributed by atoms with Gasteiger partial charge in [0.15, 0.2) is 0 Å². The number of amides is 1. The van der Waals surface area contributed by atoms with Crippen LogP contribution in [0, 0.1) is 23.1 Å². The average molecular weight is 304 g/mol. The fraction of sp³-hybridized carbons (Fsp3) is 0.611. The molecule has 2 fully saturated rings. The van der Waals surface area contributed by atoms with Gasteiger partial charge in [-0.3, -0.25) is 4.79 Å². The molecule has 1 N–H and O–H groups in total. The Morgan fingerprint density at radius 1 is 1.36 bits per heavy atom. The molecule has 3 nitrogen and oxygen atoms in total. The lowest BCUT2D eigenvalue weighted by atomic mass is 9.81. The van der Waals surface area contributed by atoms with Crippen LogP contribution in [0.5, 0.6) is 0 Å². The second kappa shape index (κ2) is 5.99. The summed E-state index contributed by atoms with van der Waals surface area (Å²) in [6.45, 7) is 7.74. The van der Waals surface area contributed by atoms with Crippen LogP contribution >= 0.6 is 0 Å². The predicted molar refractivity (Wildman–Crippen MR) is 84.9 cm³/mol. The Hall–Kier alpha value is -1.42. The fourth-order valence-electron chi connectivity index (χ4n) is 3.73. The maximum atomic E-state index is 13.0. The SMILES string of the molecule is CC1(C)CNCC1C(=O)N1CCC(Cc2ccc(F)cc2)C1. The minimum Gasteiger partial charge on any atom is -0.342 e. The van der Waals surface area contributed by atoms with Crippen molar-refractivity contribution in [2.45, 2.75) is 26.7 Å². The molecule has 2 saturated heterocycles. The summed E-state index contributed by atoms with van der Waals surface area (Å²) in [7, 11) is 0. The number of nitrogens with zero attached hydrogens (tertiary/aromatic N) is 1. The minimum atomic E-state index is -0.192. The number of rotatable bonds is 3. The van der Waals surface area contributed by atoms with Gasteiger partial charge >= 0.3 is 0 Å². The van der Waals surface area contributed by atoms with E-state index in [2.05, 4.69) is 19.2 Å². The van der Waals surface area contributed by atoms with Crippen molar-refractivity contribution in [3.8, 4) is 0 Å². The summed E-state index contributed by atoms with van der Waals surface area (Å²) in [5.74, 6) is 0.698. The molecular formula is C18H25FN2O. The van der Waals surface area contributed by atoms with Crippen LogP contribution in [0.3, 0.4) is 0 Å². The van der Waals surface area contributed by atoms with Crippen LogP contribution in [0.1, 0.15) is 25.8 Å². The normalized spacial score (nSPS) is 27.3. The molecule has 22 heavy (non-hydrogen) atoms. The highest BCUT2D eigenvalue weighted by Crippen LogP contribution is 2.33. The number of hydrogen-bond acceptors (Lipinski definition) is 2. The Morgan fingerprint density at radius 3 is 2.73 bits per heavy atom. The molecule has 0 saturated carbocycles. The molecule has 0 aliphatic carbocycles. The van der Waals surface area contributed by atoms with Crippen LogP contribution in [-0.4, -0.2) is 37.0 Å². The average Bonchev–Trinajstić information content (AvgIpc) is 3.07. The Bertz CT molecular complexity index is 541. The smallest absolute Gasteiger partial charge is 0.227 e. The van der Waals surface area contributed by atoms with Crippen molar-refractivity contribution in [1.29, 1.82) is 0 Å². The third-order valence-corrected chi connectivity index (χ3v) is 5.21. The molecule has 120 valence electrons. The molecule has 0 bridgehead atoms. The number of nitrogens with one attached hydrogen (secondary N) is 1. The van der Waals surface area contributed by atoms with Gasteiger partial charge < -0.3 is 10.2 Å². The number of carbonyl (C=O) groups excluding carboxylic acids is 1. The maximum absolute atomic E-state index is 13.0. The first-order valence-corrected chi connectivity index (χ1v) is 8.20.